The average molecular weight is 322 g/mol. The van der Waals surface area contributed by atoms with E-state index in [1.165, 1.54) is 12.1 Å². The van der Waals surface area contributed by atoms with Crippen LogP contribution in [0, 0.1) is 0 Å². The normalized spacial score (nSPS) is 13.0. The van der Waals surface area contributed by atoms with Crippen molar-refractivity contribution >= 4 is 27.6 Å². The number of esters is 1. The maximum atomic E-state index is 11.9. The fourth-order valence-corrected chi connectivity index (χ4v) is 2.49. The first-order chi connectivity index (χ1) is 9.25. The second-order valence-electron chi connectivity index (χ2n) is 4.07. The van der Waals surface area contributed by atoms with Crippen molar-refractivity contribution in [2.45, 2.75) is 24.8 Å². The van der Waals surface area contributed by atoms with E-state index in [1.807, 2.05) is 6.92 Å². The number of ether oxygens (including phenoxy) is 2. The zero-order chi connectivity index (χ0) is 15.3. The molecule has 6 nitrogen and oxygen atoms in total. The minimum atomic E-state index is -4.00. The SMILES string of the molecule is CCOCC(C)OC(=O)c1ccc(Cl)c(S(N)(=O)=O)c1. The van der Waals surface area contributed by atoms with Gasteiger partial charge < -0.3 is 9.47 Å². The zero-order valence-electron chi connectivity index (χ0n) is 11.1. The number of nitrogens with two attached hydrogens (primary N) is 1. The number of benzene rings is 1. The highest BCUT2D eigenvalue weighted by atomic mass is 35.5. The van der Waals surface area contributed by atoms with E-state index >= 15 is 0 Å². The van der Waals surface area contributed by atoms with Crippen LogP contribution in [0.3, 0.4) is 0 Å². The zero-order valence-corrected chi connectivity index (χ0v) is 12.7. The van der Waals surface area contributed by atoms with Gasteiger partial charge in [-0.1, -0.05) is 11.6 Å². The maximum Gasteiger partial charge on any atom is 0.338 e. The number of sulfonamides is 1. The van der Waals surface area contributed by atoms with Crippen molar-refractivity contribution in [2.75, 3.05) is 13.2 Å². The van der Waals surface area contributed by atoms with Gasteiger partial charge in [0.2, 0.25) is 10.0 Å². The first-order valence-electron chi connectivity index (χ1n) is 5.86. The Morgan fingerprint density at radius 1 is 1.45 bits per heavy atom. The molecular weight excluding hydrogens is 306 g/mol. The molecule has 1 atom stereocenters. The van der Waals surface area contributed by atoms with Crippen LogP contribution in [-0.4, -0.2) is 33.7 Å². The van der Waals surface area contributed by atoms with Crippen LogP contribution in [0.5, 0.6) is 0 Å². The summed E-state index contributed by atoms with van der Waals surface area (Å²) in [6, 6.07) is 3.74. The first kappa shape index (κ1) is 16.9. The van der Waals surface area contributed by atoms with Crippen LogP contribution in [0.15, 0.2) is 23.1 Å². The number of hydrogen-bond donors (Lipinski definition) is 1. The quantitative estimate of drug-likeness (QED) is 0.802. The topological polar surface area (TPSA) is 95.7 Å². The third kappa shape index (κ3) is 4.75. The molecule has 0 bridgehead atoms. The Hall–Kier alpha value is -1.15. The fraction of sp³-hybridized carbons (Fsp3) is 0.417. The molecule has 0 saturated heterocycles. The van der Waals surface area contributed by atoms with E-state index in [4.69, 9.17) is 26.2 Å². The summed E-state index contributed by atoms with van der Waals surface area (Å²) < 4.78 is 32.8. The fourth-order valence-electron chi connectivity index (χ4n) is 1.42. The Morgan fingerprint density at radius 3 is 2.65 bits per heavy atom. The molecule has 0 saturated carbocycles. The Morgan fingerprint density at radius 2 is 2.10 bits per heavy atom. The summed E-state index contributed by atoms with van der Waals surface area (Å²) in [5, 5.41) is 4.96. The van der Waals surface area contributed by atoms with Crippen LogP contribution < -0.4 is 5.14 Å². The summed E-state index contributed by atoms with van der Waals surface area (Å²) in [5.74, 6) is -0.668. The molecule has 8 heteroatoms. The lowest BCUT2D eigenvalue weighted by Crippen LogP contribution is -2.21. The Bertz CT molecular complexity index is 588. The van der Waals surface area contributed by atoms with Gasteiger partial charge in [0.25, 0.3) is 0 Å². The van der Waals surface area contributed by atoms with Crippen molar-refractivity contribution in [3.63, 3.8) is 0 Å². The molecular formula is C12H16ClNO5S. The van der Waals surface area contributed by atoms with Crippen molar-refractivity contribution in [3.05, 3.63) is 28.8 Å². The monoisotopic (exact) mass is 321 g/mol. The van der Waals surface area contributed by atoms with Gasteiger partial charge in [-0.2, -0.15) is 0 Å². The van der Waals surface area contributed by atoms with Gasteiger partial charge in [0.05, 0.1) is 17.2 Å². The number of carbonyl (C=O) groups excluding carboxylic acids is 1. The standard InChI is InChI=1S/C12H16ClNO5S/c1-3-18-7-8(2)19-12(15)9-4-5-10(13)11(6-9)20(14,16)17/h4-6,8H,3,7H2,1-2H3,(H2,14,16,17). The van der Waals surface area contributed by atoms with Crippen molar-refractivity contribution < 1.29 is 22.7 Å². The summed E-state index contributed by atoms with van der Waals surface area (Å²) in [6.07, 6.45) is -0.448. The molecule has 0 heterocycles. The van der Waals surface area contributed by atoms with Crippen LogP contribution in [0.1, 0.15) is 24.2 Å². The molecule has 112 valence electrons. The van der Waals surface area contributed by atoms with Gasteiger partial charge in [-0.15, -0.1) is 0 Å². The number of hydrogen-bond acceptors (Lipinski definition) is 5. The maximum absolute atomic E-state index is 11.9. The van der Waals surface area contributed by atoms with E-state index in [9.17, 15) is 13.2 Å². The van der Waals surface area contributed by atoms with Gasteiger partial charge in [0, 0.05) is 6.61 Å². The van der Waals surface area contributed by atoms with Gasteiger partial charge in [0.1, 0.15) is 11.0 Å². The minimum Gasteiger partial charge on any atom is -0.457 e. The summed E-state index contributed by atoms with van der Waals surface area (Å²) in [5.41, 5.74) is 0.0572. The third-order valence-electron chi connectivity index (χ3n) is 2.34. The molecule has 0 radical (unpaired) electrons. The van der Waals surface area contributed by atoms with E-state index in [1.54, 1.807) is 6.92 Å². The van der Waals surface area contributed by atoms with Crippen LogP contribution in [-0.2, 0) is 19.5 Å². The Kier molecular flexibility index (Phi) is 5.94. The van der Waals surface area contributed by atoms with E-state index in [2.05, 4.69) is 0 Å². The smallest absolute Gasteiger partial charge is 0.338 e. The second kappa shape index (κ2) is 7.03. The van der Waals surface area contributed by atoms with Crippen LogP contribution in [0.25, 0.3) is 0 Å². The van der Waals surface area contributed by atoms with Gasteiger partial charge in [-0.25, -0.2) is 18.4 Å². The Labute approximate surface area is 122 Å². The highest BCUT2D eigenvalue weighted by Gasteiger charge is 2.18. The molecule has 0 fully saturated rings. The number of carbonyl (C=O) groups is 1. The number of primary sulfonamides is 1. The third-order valence-corrected chi connectivity index (χ3v) is 3.73. The van der Waals surface area contributed by atoms with E-state index < -0.39 is 22.1 Å². The van der Waals surface area contributed by atoms with Gasteiger partial charge in [-0.05, 0) is 32.0 Å². The molecule has 0 aliphatic carbocycles. The van der Waals surface area contributed by atoms with Gasteiger partial charge in [-0.3, -0.25) is 0 Å². The van der Waals surface area contributed by atoms with E-state index in [0.717, 1.165) is 6.07 Å². The summed E-state index contributed by atoms with van der Waals surface area (Å²) in [4.78, 5) is 11.5. The molecule has 0 aliphatic heterocycles. The summed E-state index contributed by atoms with van der Waals surface area (Å²) in [7, 11) is -4.00. The van der Waals surface area contributed by atoms with Crippen molar-refractivity contribution in [3.8, 4) is 0 Å². The van der Waals surface area contributed by atoms with Gasteiger partial charge in [0.15, 0.2) is 0 Å². The molecule has 1 unspecified atom stereocenters. The van der Waals surface area contributed by atoms with Crippen LogP contribution >= 0.6 is 11.6 Å². The van der Waals surface area contributed by atoms with Gasteiger partial charge >= 0.3 is 5.97 Å². The molecule has 0 aliphatic rings. The van der Waals surface area contributed by atoms with E-state index in [0.29, 0.717) is 6.61 Å². The van der Waals surface area contributed by atoms with Crippen LogP contribution in [0.2, 0.25) is 5.02 Å². The molecule has 2 N–H and O–H groups in total. The molecule has 0 amide bonds. The largest absolute Gasteiger partial charge is 0.457 e. The Balaban J connectivity index is 2.90. The highest BCUT2D eigenvalue weighted by Crippen LogP contribution is 2.22. The van der Waals surface area contributed by atoms with Crippen molar-refractivity contribution in [2.24, 2.45) is 5.14 Å². The summed E-state index contributed by atoms with van der Waals surface area (Å²) >= 11 is 5.73. The lowest BCUT2D eigenvalue weighted by Gasteiger charge is -2.13. The molecule has 20 heavy (non-hydrogen) atoms. The predicted octanol–water partition coefficient (Wildman–Crippen LogP) is 1.57. The first-order valence-corrected chi connectivity index (χ1v) is 7.79. The average Bonchev–Trinajstić information content (AvgIpc) is 2.35. The second-order valence-corrected chi connectivity index (χ2v) is 6.00. The highest BCUT2D eigenvalue weighted by molar-refractivity contribution is 7.89. The molecule has 0 spiro atoms. The number of rotatable bonds is 6. The van der Waals surface area contributed by atoms with Crippen molar-refractivity contribution in [1.29, 1.82) is 0 Å². The molecule has 0 aromatic heterocycles. The summed E-state index contributed by atoms with van der Waals surface area (Å²) in [6.45, 7) is 4.27. The lowest BCUT2D eigenvalue weighted by molar-refractivity contribution is 0.00437. The minimum absolute atomic E-state index is 0.0496. The molecule has 1 rings (SSSR count). The van der Waals surface area contributed by atoms with E-state index in [-0.39, 0.29) is 22.1 Å². The molecule has 1 aromatic rings. The number of halogens is 1. The molecule has 1 aromatic carbocycles. The lowest BCUT2D eigenvalue weighted by atomic mass is 10.2. The van der Waals surface area contributed by atoms with Crippen LogP contribution in [0.4, 0.5) is 0 Å². The predicted molar refractivity (Wildman–Crippen MR) is 74.2 cm³/mol. The van der Waals surface area contributed by atoms with Crippen molar-refractivity contribution in [1.82, 2.24) is 0 Å².